The van der Waals surface area contributed by atoms with Crippen molar-refractivity contribution in [1.29, 1.82) is 0 Å². The first-order chi connectivity index (χ1) is 12.9. The molecule has 1 aliphatic carbocycles. The van der Waals surface area contributed by atoms with Crippen LogP contribution in [0.15, 0.2) is 42.7 Å². The van der Waals surface area contributed by atoms with Crippen molar-refractivity contribution in [2.24, 2.45) is 0 Å². The zero-order chi connectivity index (χ0) is 19.3. The van der Waals surface area contributed by atoms with Gasteiger partial charge in [0.05, 0.1) is 0 Å². The number of hydrogen-bond donors (Lipinski definition) is 3. The molecule has 0 saturated heterocycles. The predicted molar refractivity (Wildman–Crippen MR) is 111 cm³/mol. The van der Waals surface area contributed by atoms with E-state index in [2.05, 4.69) is 54.6 Å². The number of rotatable bonds is 6. The number of nitrogens with zero attached hydrogens (tertiary/aromatic N) is 1. The third-order valence-electron chi connectivity index (χ3n) is 5.57. The molecule has 3 N–H and O–H groups in total. The van der Waals surface area contributed by atoms with E-state index in [0.29, 0.717) is 24.4 Å². The summed E-state index contributed by atoms with van der Waals surface area (Å²) in [6.07, 6.45) is 8.60. The van der Waals surface area contributed by atoms with Crippen molar-refractivity contribution in [3.63, 3.8) is 0 Å². The lowest BCUT2D eigenvalue weighted by Crippen LogP contribution is -2.49. The van der Waals surface area contributed by atoms with E-state index in [1.165, 1.54) is 31.2 Å². The molecule has 2 aromatic rings. The molecular formula is C23H33N3O. The summed E-state index contributed by atoms with van der Waals surface area (Å²) in [6, 6.07) is 11.1. The van der Waals surface area contributed by atoms with Crippen LogP contribution in [0.2, 0.25) is 0 Å². The fraction of sp³-hybridized carbons (Fsp3) is 0.522. The minimum Gasteiger partial charge on any atom is -0.507 e. The molecular weight excluding hydrogens is 334 g/mol. The maximum absolute atomic E-state index is 10.7. The fourth-order valence-corrected chi connectivity index (χ4v) is 3.95. The molecule has 1 aromatic carbocycles. The minimum absolute atomic E-state index is 0.0560. The molecule has 4 heteroatoms. The molecule has 0 amide bonds. The first-order valence-electron chi connectivity index (χ1n) is 10.1. The van der Waals surface area contributed by atoms with Crippen LogP contribution in [0.5, 0.6) is 5.75 Å². The molecule has 1 fully saturated rings. The Morgan fingerprint density at radius 3 is 2.22 bits per heavy atom. The van der Waals surface area contributed by atoms with E-state index in [0.717, 1.165) is 17.7 Å². The van der Waals surface area contributed by atoms with E-state index < -0.39 is 0 Å². The van der Waals surface area contributed by atoms with Gasteiger partial charge < -0.3 is 15.7 Å². The van der Waals surface area contributed by atoms with Gasteiger partial charge in [0.15, 0.2) is 0 Å². The van der Waals surface area contributed by atoms with Crippen molar-refractivity contribution in [3.8, 4) is 5.75 Å². The summed E-state index contributed by atoms with van der Waals surface area (Å²) in [7, 11) is 0. The van der Waals surface area contributed by atoms with E-state index in [1.807, 2.05) is 24.5 Å². The number of phenols is 1. The van der Waals surface area contributed by atoms with Crippen LogP contribution in [0.3, 0.4) is 0 Å². The van der Waals surface area contributed by atoms with Crippen LogP contribution >= 0.6 is 0 Å². The highest BCUT2D eigenvalue weighted by Gasteiger charge is 2.25. The fourth-order valence-electron chi connectivity index (χ4n) is 3.95. The van der Waals surface area contributed by atoms with Gasteiger partial charge in [-0.1, -0.05) is 51.8 Å². The van der Waals surface area contributed by atoms with Crippen LogP contribution < -0.4 is 10.6 Å². The van der Waals surface area contributed by atoms with Gasteiger partial charge in [0.2, 0.25) is 0 Å². The Balaban J connectivity index is 1.62. The Kier molecular flexibility index (Phi) is 6.51. The maximum Gasteiger partial charge on any atom is 0.123 e. The second-order valence-electron chi connectivity index (χ2n) is 8.68. The van der Waals surface area contributed by atoms with Crippen molar-refractivity contribution < 1.29 is 5.11 Å². The second kappa shape index (κ2) is 8.85. The summed E-state index contributed by atoms with van der Waals surface area (Å²) in [5.41, 5.74) is 3.21. The van der Waals surface area contributed by atoms with Crippen LogP contribution in [0, 0.1) is 0 Å². The Morgan fingerprint density at radius 1 is 0.963 bits per heavy atom. The number of aromatic nitrogens is 1. The average molecular weight is 368 g/mol. The highest BCUT2D eigenvalue weighted by Crippen LogP contribution is 2.33. The average Bonchev–Trinajstić information content (AvgIpc) is 2.66. The monoisotopic (exact) mass is 367 g/mol. The lowest BCUT2D eigenvalue weighted by Gasteiger charge is -2.33. The third-order valence-corrected chi connectivity index (χ3v) is 5.57. The first-order valence-corrected chi connectivity index (χ1v) is 10.1. The molecule has 0 bridgehead atoms. The summed E-state index contributed by atoms with van der Waals surface area (Å²) >= 11 is 0. The van der Waals surface area contributed by atoms with Gasteiger partial charge in [0.25, 0.3) is 0 Å². The molecule has 1 saturated carbocycles. The van der Waals surface area contributed by atoms with E-state index in [4.69, 9.17) is 0 Å². The summed E-state index contributed by atoms with van der Waals surface area (Å²) in [4.78, 5) is 4.09. The number of nitrogens with one attached hydrogen (secondary N) is 2. The van der Waals surface area contributed by atoms with Gasteiger partial charge in [-0.2, -0.15) is 0 Å². The largest absolute Gasteiger partial charge is 0.507 e. The molecule has 0 aliphatic heterocycles. The standard InChI is InChI=1S/C23H33N3O/c1-23(2,3)19-8-6-7-18(22(19)27)16-26-21-10-5-4-9-20(21)25-15-17-11-13-24-14-12-17/h6-8,11-14,20-21,25-27H,4-5,9-10,15-16H2,1-3H3/t20-,21-/m1/s1. The number of aromatic hydroxyl groups is 1. The van der Waals surface area contributed by atoms with Crippen molar-refractivity contribution in [2.75, 3.05) is 0 Å². The molecule has 146 valence electrons. The van der Waals surface area contributed by atoms with Gasteiger partial charge >= 0.3 is 0 Å². The Labute approximate surface area is 163 Å². The molecule has 1 aliphatic rings. The molecule has 0 radical (unpaired) electrons. The summed E-state index contributed by atoms with van der Waals surface area (Å²) in [5.74, 6) is 0.439. The van der Waals surface area contributed by atoms with E-state index in [9.17, 15) is 5.11 Å². The minimum atomic E-state index is -0.0560. The van der Waals surface area contributed by atoms with E-state index >= 15 is 0 Å². The molecule has 1 heterocycles. The SMILES string of the molecule is CC(C)(C)c1cccc(CN[C@@H]2CCCC[C@H]2NCc2ccncc2)c1O. The molecule has 1 aromatic heterocycles. The number of phenolic OH excluding ortho intramolecular Hbond substituents is 1. The van der Waals surface area contributed by atoms with Crippen LogP contribution in [-0.4, -0.2) is 22.2 Å². The number of pyridine rings is 1. The van der Waals surface area contributed by atoms with Crippen molar-refractivity contribution >= 4 is 0 Å². The lowest BCUT2D eigenvalue weighted by molar-refractivity contribution is 0.280. The van der Waals surface area contributed by atoms with E-state index in [1.54, 1.807) is 0 Å². The molecule has 0 unspecified atom stereocenters. The Morgan fingerprint density at radius 2 is 1.59 bits per heavy atom. The van der Waals surface area contributed by atoms with Crippen molar-refractivity contribution in [2.45, 2.75) is 77.0 Å². The van der Waals surface area contributed by atoms with Crippen LogP contribution in [0.1, 0.15) is 63.1 Å². The topological polar surface area (TPSA) is 57.2 Å². The molecule has 3 rings (SSSR count). The first kappa shape index (κ1) is 19.8. The highest BCUT2D eigenvalue weighted by atomic mass is 16.3. The normalized spacial score (nSPS) is 20.6. The molecule has 2 atom stereocenters. The van der Waals surface area contributed by atoms with Crippen LogP contribution in [0.4, 0.5) is 0 Å². The summed E-state index contributed by atoms with van der Waals surface area (Å²) in [6.45, 7) is 7.99. The molecule has 0 spiro atoms. The number of para-hydroxylation sites is 1. The third kappa shape index (κ3) is 5.30. The maximum atomic E-state index is 10.7. The second-order valence-corrected chi connectivity index (χ2v) is 8.68. The lowest BCUT2D eigenvalue weighted by atomic mass is 9.85. The summed E-state index contributed by atoms with van der Waals surface area (Å²) in [5, 5.41) is 18.1. The van der Waals surface area contributed by atoms with Gasteiger partial charge in [-0.15, -0.1) is 0 Å². The van der Waals surface area contributed by atoms with Crippen molar-refractivity contribution in [1.82, 2.24) is 15.6 Å². The van der Waals surface area contributed by atoms with E-state index in [-0.39, 0.29) is 5.41 Å². The smallest absolute Gasteiger partial charge is 0.123 e. The van der Waals surface area contributed by atoms with Crippen molar-refractivity contribution in [3.05, 3.63) is 59.4 Å². The number of benzene rings is 1. The van der Waals surface area contributed by atoms with Gasteiger partial charge in [-0.25, -0.2) is 0 Å². The zero-order valence-corrected chi connectivity index (χ0v) is 16.8. The Hall–Kier alpha value is -1.91. The molecule has 4 nitrogen and oxygen atoms in total. The predicted octanol–water partition coefficient (Wildman–Crippen LogP) is 4.28. The number of hydrogen-bond acceptors (Lipinski definition) is 4. The molecule has 27 heavy (non-hydrogen) atoms. The highest BCUT2D eigenvalue weighted by molar-refractivity contribution is 5.44. The van der Waals surface area contributed by atoms with Gasteiger partial charge in [0.1, 0.15) is 5.75 Å². The van der Waals surface area contributed by atoms with Crippen LogP contribution in [-0.2, 0) is 18.5 Å². The van der Waals surface area contributed by atoms with Gasteiger partial charge in [-0.3, -0.25) is 4.98 Å². The summed E-state index contributed by atoms with van der Waals surface area (Å²) < 4.78 is 0. The van der Waals surface area contributed by atoms with Crippen LogP contribution in [0.25, 0.3) is 0 Å². The van der Waals surface area contributed by atoms with Gasteiger partial charge in [0, 0.05) is 43.1 Å². The quantitative estimate of drug-likeness (QED) is 0.713. The van der Waals surface area contributed by atoms with Gasteiger partial charge in [-0.05, 0) is 41.5 Å². The zero-order valence-electron chi connectivity index (χ0n) is 16.8. The Bertz CT molecular complexity index is 724.